The van der Waals surface area contributed by atoms with Crippen LogP contribution in [0.5, 0.6) is 0 Å². The molecular weight excluding hydrogens is 356 g/mol. The third-order valence-corrected chi connectivity index (χ3v) is 4.75. The maximum atomic E-state index is 12.2. The summed E-state index contributed by atoms with van der Waals surface area (Å²) in [5.41, 5.74) is 3.46. The molecule has 140 valence electrons. The molecule has 0 bridgehead atoms. The summed E-state index contributed by atoms with van der Waals surface area (Å²) in [6.07, 6.45) is 2.26. The quantitative estimate of drug-likeness (QED) is 0.458. The summed E-state index contributed by atoms with van der Waals surface area (Å²) in [5.74, 6) is 0.790. The fraction of sp³-hybridized carbons (Fsp3) is 0.286. The SMILES string of the molecule is Cc1ccc(-c2n[nH]c(=S)n2CCC(=O)NCCCc2ccccc2)cc1. The van der Waals surface area contributed by atoms with Gasteiger partial charge in [0.05, 0.1) is 0 Å². The Bertz CT molecular complexity index is 929. The molecule has 27 heavy (non-hydrogen) atoms. The van der Waals surface area contributed by atoms with Crippen LogP contribution in [-0.4, -0.2) is 27.2 Å². The first kappa shape index (κ1) is 19.0. The second-order valence-corrected chi connectivity index (χ2v) is 6.95. The van der Waals surface area contributed by atoms with Crippen LogP contribution in [0, 0.1) is 11.7 Å². The van der Waals surface area contributed by atoms with Crippen LogP contribution in [0.2, 0.25) is 0 Å². The lowest BCUT2D eigenvalue weighted by Gasteiger charge is -2.08. The van der Waals surface area contributed by atoms with Gasteiger partial charge >= 0.3 is 0 Å². The third kappa shape index (κ3) is 5.37. The fourth-order valence-electron chi connectivity index (χ4n) is 2.91. The number of benzene rings is 2. The summed E-state index contributed by atoms with van der Waals surface area (Å²) >= 11 is 5.32. The van der Waals surface area contributed by atoms with Crippen LogP contribution in [-0.2, 0) is 17.8 Å². The molecule has 6 heteroatoms. The van der Waals surface area contributed by atoms with Crippen LogP contribution < -0.4 is 5.32 Å². The van der Waals surface area contributed by atoms with E-state index in [1.165, 1.54) is 11.1 Å². The lowest BCUT2D eigenvalue weighted by atomic mass is 10.1. The molecule has 0 saturated heterocycles. The third-order valence-electron chi connectivity index (χ3n) is 4.44. The van der Waals surface area contributed by atoms with Gasteiger partial charge in [-0.05, 0) is 37.5 Å². The highest BCUT2D eigenvalue weighted by Gasteiger charge is 2.10. The van der Waals surface area contributed by atoms with E-state index in [-0.39, 0.29) is 5.91 Å². The van der Waals surface area contributed by atoms with Gasteiger partial charge in [-0.3, -0.25) is 14.5 Å². The summed E-state index contributed by atoms with van der Waals surface area (Å²) in [6, 6.07) is 18.4. The summed E-state index contributed by atoms with van der Waals surface area (Å²) < 4.78 is 2.41. The highest BCUT2D eigenvalue weighted by molar-refractivity contribution is 7.71. The Balaban J connectivity index is 1.49. The van der Waals surface area contributed by atoms with Gasteiger partial charge in [-0.25, -0.2) is 0 Å². The average Bonchev–Trinajstić information content (AvgIpc) is 3.05. The smallest absolute Gasteiger partial charge is 0.221 e. The lowest BCUT2D eigenvalue weighted by Crippen LogP contribution is -2.25. The van der Waals surface area contributed by atoms with Gasteiger partial charge in [0, 0.05) is 25.1 Å². The van der Waals surface area contributed by atoms with Crippen molar-refractivity contribution in [2.45, 2.75) is 32.7 Å². The minimum atomic E-state index is 0.0287. The van der Waals surface area contributed by atoms with E-state index in [1.807, 2.05) is 54.0 Å². The molecule has 1 amide bonds. The van der Waals surface area contributed by atoms with E-state index in [0.717, 1.165) is 24.2 Å². The first-order valence-electron chi connectivity index (χ1n) is 9.16. The van der Waals surface area contributed by atoms with Crippen LogP contribution in [0.3, 0.4) is 0 Å². The van der Waals surface area contributed by atoms with Crippen molar-refractivity contribution in [2.75, 3.05) is 6.54 Å². The monoisotopic (exact) mass is 380 g/mol. The number of aromatic amines is 1. The van der Waals surface area contributed by atoms with Crippen molar-refractivity contribution in [2.24, 2.45) is 0 Å². The van der Waals surface area contributed by atoms with Gasteiger partial charge in [0.15, 0.2) is 10.6 Å². The van der Waals surface area contributed by atoms with Crippen LogP contribution in [0.15, 0.2) is 54.6 Å². The zero-order valence-corrected chi connectivity index (χ0v) is 16.3. The Morgan fingerprint density at radius 1 is 1.15 bits per heavy atom. The maximum absolute atomic E-state index is 12.2. The topological polar surface area (TPSA) is 62.7 Å². The van der Waals surface area contributed by atoms with Crippen LogP contribution >= 0.6 is 12.2 Å². The Kier molecular flexibility index (Phi) is 6.54. The van der Waals surface area contributed by atoms with Gasteiger partial charge in [0.2, 0.25) is 5.91 Å². The zero-order valence-electron chi connectivity index (χ0n) is 15.4. The van der Waals surface area contributed by atoms with Crippen molar-refractivity contribution in [1.82, 2.24) is 20.1 Å². The summed E-state index contributed by atoms with van der Waals surface area (Å²) in [7, 11) is 0. The second-order valence-electron chi connectivity index (χ2n) is 6.56. The lowest BCUT2D eigenvalue weighted by molar-refractivity contribution is -0.121. The molecule has 0 unspecified atom stereocenters. The molecule has 0 radical (unpaired) electrons. The van der Waals surface area contributed by atoms with Gasteiger partial charge < -0.3 is 5.32 Å². The molecule has 2 N–H and O–H groups in total. The van der Waals surface area contributed by atoms with E-state index in [1.54, 1.807) is 0 Å². The fourth-order valence-corrected chi connectivity index (χ4v) is 3.14. The number of carbonyl (C=O) groups is 1. The maximum Gasteiger partial charge on any atom is 0.221 e. The van der Waals surface area contributed by atoms with Crippen LogP contribution in [0.25, 0.3) is 11.4 Å². The van der Waals surface area contributed by atoms with Gasteiger partial charge in [-0.2, -0.15) is 5.10 Å². The Labute approximate surface area is 164 Å². The van der Waals surface area contributed by atoms with Gasteiger partial charge in [0.25, 0.3) is 0 Å². The average molecular weight is 381 g/mol. The van der Waals surface area contributed by atoms with E-state index >= 15 is 0 Å². The van der Waals surface area contributed by atoms with Gasteiger partial charge in [-0.1, -0.05) is 60.2 Å². The molecule has 5 nitrogen and oxygen atoms in total. The molecule has 3 rings (SSSR count). The highest BCUT2D eigenvalue weighted by Crippen LogP contribution is 2.18. The Morgan fingerprint density at radius 3 is 2.63 bits per heavy atom. The number of nitrogens with zero attached hydrogens (tertiary/aromatic N) is 2. The molecule has 0 aliphatic heterocycles. The molecule has 0 fully saturated rings. The van der Waals surface area contributed by atoms with Crippen LogP contribution in [0.4, 0.5) is 0 Å². The molecule has 0 saturated carbocycles. The minimum absolute atomic E-state index is 0.0287. The zero-order chi connectivity index (χ0) is 19.1. The minimum Gasteiger partial charge on any atom is -0.356 e. The van der Waals surface area contributed by atoms with Gasteiger partial charge in [-0.15, -0.1) is 0 Å². The molecule has 0 aliphatic rings. The van der Waals surface area contributed by atoms with E-state index in [4.69, 9.17) is 12.2 Å². The molecule has 0 aliphatic carbocycles. The number of rotatable bonds is 8. The first-order valence-corrected chi connectivity index (χ1v) is 9.57. The van der Waals surface area contributed by atoms with Crippen molar-refractivity contribution in [3.63, 3.8) is 0 Å². The van der Waals surface area contributed by atoms with Gasteiger partial charge in [0.1, 0.15) is 0 Å². The normalized spacial score (nSPS) is 10.7. The van der Waals surface area contributed by atoms with E-state index in [0.29, 0.717) is 24.3 Å². The van der Waals surface area contributed by atoms with Crippen molar-refractivity contribution < 1.29 is 4.79 Å². The molecule has 1 aromatic heterocycles. The van der Waals surface area contributed by atoms with Crippen molar-refractivity contribution in [3.05, 3.63) is 70.5 Å². The Hall–Kier alpha value is -2.73. The second kappa shape index (κ2) is 9.28. The molecule has 1 heterocycles. The molecule has 3 aromatic rings. The highest BCUT2D eigenvalue weighted by atomic mass is 32.1. The summed E-state index contributed by atoms with van der Waals surface area (Å²) in [6.45, 7) is 3.22. The molecule has 0 atom stereocenters. The standard InChI is InChI=1S/C21H24N4OS/c1-16-9-11-18(12-10-16)20-23-24-21(27)25(20)15-13-19(26)22-14-5-8-17-6-3-2-4-7-17/h2-4,6-7,9-12H,5,8,13-15H2,1H3,(H,22,26)(H,24,27). The van der Waals surface area contributed by atoms with Crippen molar-refractivity contribution in [3.8, 4) is 11.4 Å². The van der Waals surface area contributed by atoms with Crippen molar-refractivity contribution >= 4 is 18.1 Å². The molecular formula is C21H24N4OS. The van der Waals surface area contributed by atoms with E-state index in [2.05, 4.69) is 27.6 Å². The number of hydrogen-bond acceptors (Lipinski definition) is 3. The Morgan fingerprint density at radius 2 is 1.89 bits per heavy atom. The molecule has 0 spiro atoms. The number of amides is 1. The van der Waals surface area contributed by atoms with Crippen LogP contribution in [0.1, 0.15) is 24.0 Å². The van der Waals surface area contributed by atoms with E-state index < -0.39 is 0 Å². The van der Waals surface area contributed by atoms with Crippen molar-refractivity contribution in [1.29, 1.82) is 0 Å². The molecule has 2 aromatic carbocycles. The van der Waals surface area contributed by atoms with E-state index in [9.17, 15) is 4.79 Å². The predicted octanol–water partition coefficient (Wildman–Crippen LogP) is 4.06. The number of aromatic nitrogens is 3. The largest absolute Gasteiger partial charge is 0.356 e. The predicted molar refractivity (Wildman–Crippen MR) is 110 cm³/mol. The summed E-state index contributed by atoms with van der Waals surface area (Å²) in [4.78, 5) is 12.2. The number of nitrogens with one attached hydrogen (secondary N) is 2. The first-order chi connectivity index (χ1) is 13.1. The number of carbonyl (C=O) groups excluding carboxylic acids is 1. The summed E-state index contributed by atoms with van der Waals surface area (Å²) in [5, 5.41) is 10.1. The number of H-pyrrole nitrogens is 1. The number of aryl methyl sites for hydroxylation is 2. The number of hydrogen-bond donors (Lipinski definition) is 2.